The van der Waals surface area contributed by atoms with Gasteiger partial charge in [-0.25, -0.2) is 27.5 Å². The quantitative estimate of drug-likeness (QED) is 0.106. The number of aromatic hydroxyl groups is 1. The van der Waals surface area contributed by atoms with Crippen LogP contribution >= 0.6 is 45.2 Å². The maximum Gasteiger partial charge on any atom is 0.339 e. The molecule has 0 amide bonds. The molecule has 0 bridgehead atoms. The molecule has 0 aliphatic carbocycles. The van der Waals surface area contributed by atoms with Crippen molar-refractivity contribution in [2.75, 3.05) is 14.2 Å². The molecule has 0 saturated carbocycles. The van der Waals surface area contributed by atoms with E-state index in [0.29, 0.717) is 29.8 Å². The maximum atomic E-state index is 15.4. The number of hydrogen-bond donors (Lipinski definition) is 1. The summed E-state index contributed by atoms with van der Waals surface area (Å²) in [6.07, 6.45) is 0. The van der Waals surface area contributed by atoms with Crippen LogP contribution in [0.2, 0.25) is 0 Å². The van der Waals surface area contributed by atoms with E-state index in [1.54, 1.807) is 79.7 Å². The van der Waals surface area contributed by atoms with Crippen molar-refractivity contribution in [3.8, 4) is 34.4 Å². The third-order valence-electron chi connectivity index (χ3n) is 12.5. The summed E-state index contributed by atoms with van der Waals surface area (Å²) < 4.78 is 79.9. The van der Waals surface area contributed by atoms with Crippen LogP contribution in [0, 0.1) is 39.5 Å². The number of ether oxygens (including phenoxy) is 2. The molecule has 9 rings (SSSR count). The number of aromatic nitrogens is 6. The Hall–Kier alpha value is -7.65. The highest BCUT2D eigenvalue weighted by atomic mass is 127. The number of hydrogen-bond acceptors (Lipinski definition) is 12. The van der Waals surface area contributed by atoms with E-state index >= 15 is 4.39 Å². The van der Waals surface area contributed by atoms with Gasteiger partial charge in [0.1, 0.15) is 55.8 Å². The van der Waals surface area contributed by atoms with Crippen molar-refractivity contribution >= 4 is 77.4 Å². The molecule has 0 saturated heterocycles. The van der Waals surface area contributed by atoms with Crippen LogP contribution in [0.25, 0.3) is 33.4 Å². The van der Waals surface area contributed by atoms with Crippen molar-refractivity contribution in [2.45, 2.75) is 38.8 Å². The van der Waals surface area contributed by atoms with Crippen LogP contribution in [0.3, 0.4) is 0 Å². The van der Waals surface area contributed by atoms with E-state index < -0.39 is 66.9 Å². The van der Waals surface area contributed by atoms with Crippen molar-refractivity contribution in [3.63, 3.8) is 0 Å². The maximum absolute atomic E-state index is 15.4. The predicted molar refractivity (Wildman–Crippen MR) is 298 cm³/mol. The van der Waals surface area contributed by atoms with Crippen LogP contribution in [0.15, 0.2) is 143 Å². The molecular weight excluding hydrogens is 1240 g/mol. The van der Waals surface area contributed by atoms with Crippen molar-refractivity contribution in [1.82, 2.24) is 27.4 Å². The monoisotopic (exact) mass is 1280 g/mol. The Morgan fingerprint density at radius 1 is 0.553 bits per heavy atom. The molecule has 0 fully saturated rings. The first-order valence-corrected chi connectivity index (χ1v) is 26.2. The molecule has 0 unspecified atom stereocenters. The predicted octanol–water partition coefficient (Wildman–Crippen LogP) is 6.70. The molecule has 23 heteroatoms. The summed E-state index contributed by atoms with van der Waals surface area (Å²) in [5.41, 5.74) is -4.05. The second kappa shape index (κ2) is 21.5. The molecule has 0 spiro atoms. The molecule has 392 valence electrons. The summed E-state index contributed by atoms with van der Waals surface area (Å²) in [5.74, 6) is -1.45. The minimum Gasteiger partial charge on any atom is -0.506 e. The Balaban J connectivity index is 0.000000209. The molecule has 0 aliphatic rings. The van der Waals surface area contributed by atoms with Crippen LogP contribution < -0.4 is 47.3 Å². The van der Waals surface area contributed by atoms with Gasteiger partial charge in [-0.1, -0.05) is 42.0 Å². The SMILES string of the molecule is COc1ccc(Cn2c(=O)c3c(O)c(C)c(=O)n(C)c3n(-c3ccc(I)cc3F)c2=O)cc1.COc1ccc(Cn2c(=O)c3c(OS(=O)(=O)c4ccc(C)cc4)c(C)c(=O)n(C)c3n(-c3ccc(I)cc3F)c2=O)cc1. The fourth-order valence-corrected chi connectivity index (χ4v) is 10.3. The molecular formula is C53H44F2I2N6O12S. The number of nitrogens with zero attached hydrogens (tertiary/aromatic N) is 6. The number of fused-ring (bicyclic) bond motifs is 2. The lowest BCUT2D eigenvalue weighted by molar-refractivity contribution is 0.414. The van der Waals surface area contributed by atoms with Crippen LogP contribution in [0.5, 0.6) is 23.0 Å². The summed E-state index contributed by atoms with van der Waals surface area (Å²) in [6, 6.07) is 27.5. The lowest BCUT2D eigenvalue weighted by atomic mass is 10.2. The number of halogens is 4. The minimum absolute atomic E-state index is 0.0496. The van der Waals surface area contributed by atoms with Gasteiger partial charge in [0.2, 0.25) is 0 Å². The summed E-state index contributed by atoms with van der Waals surface area (Å²) in [4.78, 5) is 81.0. The molecule has 76 heavy (non-hydrogen) atoms. The topological polar surface area (TPSA) is 214 Å². The third kappa shape index (κ3) is 10.1. The number of rotatable bonds is 11. The summed E-state index contributed by atoms with van der Waals surface area (Å²) in [6.45, 7) is 4.09. The lowest BCUT2D eigenvalue weighted by Crippen LogP contribution is -2.42. The number of aryl methyl sites for hydroxylation is 3. The highest BCUT2D eigenvalue weighted by Gasteiger charge is 2.29. The average Bonchev–Trinajstić information content (AvgIpc) is 3.48. The summed E-state index contributed by atoms with van der Waals surface area (Å²) in [5, 5.41) is 10.1. The number of pyridine rings is 2. The highest BCUT2D eigenvalue weighted by molar-refractivity contribution is 14.1. The van der Waals surface area contributed by atoms with Gasteiger partial charge in [-0.15, -0.1) is 0 Å². The largest absolute Gasteiger partial charge is 0.506 e. The van der Waals surface area contributed by atoms with Gasteiger partial charge in [0.25, 0.3) is 22.2 Å². The molecule has 9 aromatic rings. The van der Waals surface area contributed by atoms with Gasteiger partial charge in [-0.3, -0.25) is 37.4 Å². The Morgan fingerprint density at radius 3 is 1.38 bits per heavy atom. The number of benzene rings is 5. The van der Waals surface area contributed by atoms with Gasteiger partial charge in [0, 0.05) is 21.2 Å². The standard InChI is InChI=1S/C30H25FIN3O7S.C23H19FIN3O5/c1-17-5-12-22(13-6-17)43(39,40)42-26-18(2)28(36)33(3)27-25(26)29(37)34(16-19-7-10-21(41-4)11-8-19)30(38)35(27)24-14-9-20(32)15-23(24)31;1-12-19(29)18-20(26(2)21(12)30)28(17-9-6-14(25)10-16(17)24)23(32)27(22(18)31)11-13-4-7-15(33-3)8-5-13/h5-15H,16H2,1-4H3;4-10,29H,11H2,1-3H3. The summed E-state index contributed by atoms with van der Waals surface area (Å²) >= 11 is 3.84. The van der Waals surface area contributed by atoms with Crippen molar-refractivity contribution in [1.29, 1.82) is 0 Å². The third-order valence-corrected chi connectivity index (χ3v) is 15.1. The first-order valence-electron chi connectivity index (χ1n) is 22.6. The first kappa shape index (κ1) is 54.6. The molecule has 5 aromatic carbocycles. The van der Waals surface area contributed by atoms with Gasteiger partial charge in [-0.2, -0.15) is 8.42 Å². The zero-order valence-corrected chi connectivity index (χ0v) is 46.5. The van der Waals surface area contributed by atoms with E-state index in [2.05, 4.69) is 0 Å². The average molecular weight is 1280 g/mol. The zero-order chi connectivity index (χ0) is 55.2. The van der Waals surface area contributed by atoms with Gasteiger partial charge in [0.15, 0.2) is 5.75 Å². The molecule has 4 aromatic heterocycles. The summed E-state index contributed by atoms with van der Waals surface area (Å²) in [7, 11) is 1.15. The van der Waals surface area contributed by atoms with Crippen LogP contribution in [0.4, 0.5) is 8.78 Å². The molecule has 0 atom stereocenters. The first-order chi connectivity index (χ1) is 36.0. The Labute approximate surface area is 457 Å². The van der Waals surface area contributed by atoms with Gasteiger partial charge < -0.3 is 18.8 Å². The van der Waals surface area contributed by atoms with E-state index in [-0.39, 0.29) is 62.6 Å². The smallest absolute Gasteiger partial charge is 0.339 e. The van der Waals surface area contributed by atoms with Gasteiger partial charge in [0.05, 0.1) is 49.8 Å². The minimum atomic E-state index is -4.54. The van der Waals surface area contributed by atoms with Crippen molar-refractivity contribution < 1.29 is 36.0 Å². The molecule has 4 heterocycles. The zero-order valence-electron chi connectivity index (χ0n) is 41.3. The Bertz CT molecular complexity index is 4320. The van der Waals surface area contributed by atoms with Crippen LogP contribution in [0.1, 0.15) is 27.8 Å². The molecule has 18 nitrogen and oxygen atoms in total. The van der Waals surface area contributed by atoms with Gasteiger partial charge in [-0.05, 0) is 150 Å². The van der Waals surface area contributed by atoms with Crippen molar-refractivity contribution in [3.05, 3.63) is 218 Å². The Kier molecular flexibility index (Phi) is 15.5. The molecule has 0 radical (unpaired) electrons. The number of methoxy groups -OCH3 is 2. The molecule has 0 aliphatic heterocycles. The Morgan fingerprint density at radius 2 is 0.961 bits per heavy atom. The van der Waals surface area contributed by atoms with Crippen LogP contribution in [-0.4, -0.2) is 55.1 Å². The van der Waals surface area contributed by atoms with Crippen molar-refractivity contribution in [2.24, 2.45) is 14.1 Å². The van der Waals surface area contributed by atoms with E-state index in [1.165, 1.54) is 78.6 Å². The van der Waals surface area contributed by atoms with E-state index in [4.69, 9.17) is 13.7 Å². The van der Waals surface area contributed by atoms with Crippen LogP contribution in [-0.2, 0) is 37.3 Å². The fraction of sp³-hybridized carbons (Fsp3) is 0.170. The lowest BCUT2D eigenvalue weighted by Gasteiger charge is -2.20. The van der Waals surface area contributed by atoms with E-state index in [9.17, 15) is 46.7 Å². The second-order valence-electron chi connectivity index (χ2n) is 17.3. The fourth-order valence-electron chi connectivity index (χ4n) is 8.42. The van der Waals surface area contributed by atoms with E-state index in [0.717, 1.165) is 33.0 Å². The second-order valence-corrected chi connectivity index (χ2v) is 21.3. The highest BCUT2D eigenvalue weighted by Crippen LogP contribution is 2.30. The van der Waals surface area contributed by atoms with E-state index in [1.807, 2.05) is 45.2 Å². The van der Waals surface area contributed by atoms with Gasteiger partial charge >= 0.3 is 21.5 Å². The molecule has 1 N–H and O–H groups in total. The normalized spacial score (nSPS) is 11.4.